The van der Waals surface area contributed by atoms with Crippen molar-refractivity contribution in [3.63, 3.8) is 0 Å². The molecule has 2 N–H and O–H groups in total. The number of nitrogens with one attached hydrogen (secondary N) is 1. The van der Waals surface area contributed by atoms with Crippen molar-refractivity contribution in [1.82, 2.24) is 4.72 Å². The molecule has 0 bridgehead atoms. The summed E-state index contributed by atoms with van der Waals surface area (Å²) in [4.78, 5) is 11.9. The van der Waals surface area contributed by atoms with Crippen molar-refractivity contribution >= 4 is 39.2 Å². The number of phenols is 1. The van der Waals surface area contributed by atoms with Gasteiger partial charge in [0.2, 0.25) is 10.0 Å². The van der Waals surface area contributed by atoms with E-state index in [2.05, 4.69) is 4.72 Å². The number of aromatic hydroxyl groups is 1. The minimum Gasteiger partial charge on any atom is -0.506 e. The minimum absolute atomic E-state index is 0.0528. The summed E-state index contributed by atoms with van der Waals surface area (Å²) in [5, 5.41) is 10.4. The molecule has 10 heteroatoms. The van der Waals surface area contributed by atoms with Gasteiger partial charge in [-0.25, -0.2) is 13.1 Å². The quantitative estimate of drug-likeness (QED) is 0.598. The van der Waals surface area contributed by atoms with Gasteiger partial charge in [0.1, 0.15) is 11.5 Å². The summed E-state index contributed by atoms with van der Waals surface area (Å²) in [7, 11) is -2.67. The molecule has 0 saturated heterocycles. The Hall–Kier alpha value is -2.00. The number of esters is 1. The summed E-state index contributed by atoms with van der Waals surface area (Å²) in [6.07, 6.45) is -0.374. The van der Waals surface area contributed by atoms with Crippen LogP contribution in [-0.2, 0) is 19.6 Å². The molecule has 0 radical (unpaired) electrons. The first-order valence-corrected chi connectivity index (χ1v) is 10.4. The molecule has 0 aliphatic heterocycles. The molecule has 0 aromatic heterocycles. The second kappa shape index (κ2) is 9.47. The minimum atomic E-state index is -4.08. The number of benzene rings is 2. The van der Waals surface area contributed by atoms with Crippen LogP contribution in [0.15, 0.2) is 41.3 Å². The van der Waals surface area contributed by atoms with Crippen molar-refractivity contribution in [1.29, 1.82) is 0 Å². The Morgan fingerprint density at radius 1 is 1.25 bits per heavy atom. The number of methoxy groups -OCH3 is 1. The van der Waals surface area contributed by atoms with Gasteiger partial charge in [-0.3, -0.25) is 4.79 Å². The van der Waals surface area contributed by atoms with Crippen molar-refractivity contribution in [2.24, 2.45) is 0 Å². The van der Waals surface area contributed by atoms with Crippen molar-refractivity contribution in [3.05, 3.63) is 52.0 Å². The maximum absolute atomic E-state index is 12.8. The van der Waals surface area contributed by atoms with Gasteiger partial charge in [0.25, 0.3) is 0 Å². The van der Waals surface area contributed by atoms with Crippen LogP contribution in [0.3, 0.4) is 0 Å². The normalized spacial score (nSPS) is 12.4. The van der Waals surface area contributed by atoms with Gasteiger partial charge >= 0.3 is 5.97 Å². The molecule has 0 aliphatic carbocycles. The van der Waals surface area contributed by atoms with Crippen LogP contribution < -0.4 is 9.46 Å². The van der Waals surface area contributed by atoms with Gasteiger partial charge < -0.3 is 14.6 Å². The molecule has 0 saturated carbocycles. The number of carbonyl (C=O) groups excluding carboxylic acids is 1. The van der Waals surface area contributed by atoms with E-state index in [1.54, 1.807) is 13.0 Å². The van der Waals surface area contributed by atoms with Crippen LogP contribution in [0, 0.1) is 0 Å². The lowest BCUT2D eigenvalue weighted by molar-refractivity contribution is -0.143. The van der Waals surface area contributed by atoms with Gasteiger partial charge in [-0.1, -0.05) is 29.3 Å². The zero-order chi connectivity index (χ0) is 20.9. The third-order valence-electron chi connectivity index (χ3n) is 3.76. The first-order valence-electron chi connectivity index (χ1n) is 8.17. The highest BCUT2D eigenvalue weighted by Crippen LogP contribution is 2.37. The van der Waals surface area contributed by atoms with Crippen molar-refractivity contribution < 1.29 is 27.8 Å². The Morgan fingerprint density at radius 2 is 1.96 bits per heavy atom. The summed E-state index contributed by atoms with van der Waals surface area (Å²) < 4.78 is 38.0. The molecule has 0 aliphatic rings. The molecule has 2 aromatic carbocycles. The standard InChI is InChI=1S/C18H19Cl2NO6S/c1-3-27-17(22)10-16(14-7-11(19)8-15(20)18(14)23)21-28(24,25)13-6-4-5-12(9-13)26-2/h4-9,16,21,23H,3,10H2,1-2H3/t16-/m0/s1. The number of hydrogen-bond acceptors (Lipinski definition) is 6. The molecule has 2 aromatic rings. The van der Waals surface area contributed by atoms with Crippen molar-refractivity contribution in [2.45, 2.75) is 24.3 Å². The predicted octanol–water partition coefficient (Wildman–Crippen LogP) is 3.68. The van der Waals surface area contributed by atoms with E-state index in [-0.39, 0.29) is 39.3 Å². The number of carbonyl (C=O) groups is 1. The molecular formula is C18H19Cl2NO6S. The van der Waals surface area contributed by atoms with E-state index in [0.29, 0.717) is 5.75 Å². The third-order valence-corrected chi connectivity index (χ3v) is 5.73. The van der Waals surface area contributed by atoms with Crippen molar-refractivity contribution in [3.8, 4) is 11.5 Å². The fourth-order valence-corrected chi connectivity index (χ4v) is 4.24. The highest BCUT2D eigenvalue weighted by molar-refractivity contribution is 7.89. The average Bonchev–Trinajstić information content (AvgIpc) is 2.64. The van der Waals surface area contributed by atoms with E-state index in [9.17, 15) is 18.3 Å². The number of ether oxygens (including phenoxy) is 2. The van der Waals surface area contributed by atoms with Gasteiger partial charge in [0.15, 0.2) is 0 Å². The van der Waals surface area contributed by atoms with E-state index in [0.717, 1.165) is 0 Å². The van der Waals surface area contributed by atoms with E-state index < -0.39 is 22.0 Å². The highest BCUT2D eigenvalue weighted by atomic mass is 35.5. The van der Waals surface area contributed by atoms with Crippen LogP contribution in [0.1, 0.15) is 24.9 Å². The summed E-state index contributed by atoms with van der Waals surface area (Å²) in [6.45, 7) is 1.75. The van der Waals surface area contributed by atoms with Gasteiger partial charge in [-0.05, 0) is 31.2 Å². The Bertz CT molecular complexity index is 965. The molecule has 2 rings (SSSR count). The third kappa shape index (κ3) is 5.51. The molecule has 152 valence electrons. The van der Waals surface area contributed by atoms with E-state index in [1.807, 2.05) is 0 Å². The Labute approximate surface area is 173 Å². The largest absolute Gasteiger partial charge is 0.506 e. The highest BCUT2D eigenvalue weighted by Gasteiger charge is 2.28. The summed E-state index contributed by atoms with van der Waals surface area (Å²) in [5.41, 5.74) is 0.0528. The summed E-state index contributed by atoms with van der Waals surface area (Å²) >= 11 is 11.9. The molecule has 28 heavy (non-hydrogen) atoms. The lowest BCUT2D eigenvalue weighted by Gasteiger charge is -2.20. The number of phenolic OH excluding ortho intramolecular Hbond substituents is 1. The Morgan fingerprint density at radius 3 is 2.61 bits per heavy atom. The van der Waals surface area contributed by atoms with Crippen LogP contribution in [0.4, 0.5) is 0 Å². The number of sulfonamides is 1. The zero-order valence-corrected chi connectivity index (χ0v) is 17.4. The monoisotopic (exact) mass is 447 g/mol. The smallest absolute Gasteiger partial charge is 0.307 e. The summed E-state index contributed by atoms with van der Waals surface area (Å²) in [6, 6.07) is 7.29. The fourth-order valence-electron chi connectivity index (χ4n) is 2.48. The van der Waals surface area contributed by atoms with Crippen LogP contribution in [0.25, 0.3) is 0 Å². The second-order valence-corrected chi connectivity index (χ2v) is 8.25. The molecule has 0 heterocycles. The van der Waals surface area contributed by atoms with E-state index >= 15 is 0 Å². The molecule has 1 atom stereocenters. The van der Waals surface area contributed by atoms with Crippen LogP contribution in [-0.4, -0.2) is 33.2 Å². The van der Waals surface area contributed by atoms with Crippen LogP contribution >= 0.6 is 23.2 Å². The molecule has 0 unspecified atom stereocenters. The van der Waals surface area contributed by atoms with Gasteiger partial charge in [-0.15, -0.1) is 0 Å². The number of rotatable bonds is 8. The molecule has 0 spiro atoms. The zero-order valence-electron chi connectivity index (χ0n) is 15.1. The molecule has 7 nitrogen and oxygen atoms in total. The lowest BCUT2D eigenvalue weighted by Crippen LogP contribution is -2.31. The van der Waals surface area contributed by atoms with Crippen LogP contribution in [0.2, 0.25) is 10.0 Å². The van der Waals surface area contributed by atoms with E-state index in [1.165, 1.54) is 37.4 Å². The fraction of sp³-hybridized carbons (Fsp3) is 0.278. The molecule has 0 fully saturated rings. The molecule has 0 amide bonds. The van der Waals surface area contributed by atoms with Gasteiger partial charge in [0.05, 0.1) is 36.1 Å². The SMILES string of the molecule is CCOC(=O)C[C@H](NS(=O)(=O)c1cccc(OC)c1)c1cc(Cl)cc(Cl)c1O. The van der Waals surface area contributed by atoms with Gasteiger partial charge in [-0.2, -0.15) is 0 Å². The topological polar surface area (TPSA) is 102 Å². The van der Waals surface area contributed by atoms with E-state index in [4.69, 9.17) is 32.7 Å². The predicted molar refractivity (Wildman–Crippen MR) is 105 cm³/mol. The lowest BCUT2D eigenvalue weighted by atomic mass is 10.0. The maximum Gasteiger partial charge on any atom is 0.307 e. The number of hydrogen-bond donors (Lipinski definition) is 2. The number of halogens is 2. The molecular weight excluding hydrogens is 429 g/mol. The van der Waals surface area contributed by atoms with Gasteiger partial charge in [0, 0.05) is 16.7 Å². The first-order chi connectivity index (χ1) is 13.2. The summed E-state index contributed by atoms with van der Waals surface area (Å²) in [5.74, 6) is -0.691. The van der Waals surface area contributed by atoms with Crippen molar-refractivity contribution in [2.75, 3.05) is 13.7 Å². The van der Waals surface area contributed by atoms with Crippen LogP contribution in [0.5, 0.6) is 11.5 Å². The average molecular weight is 448 g/mol. The maximum atomic E-state index is 12.8. The Balaban J connectivity index is 2.46. The first kappa shape index (κ1) is 22.3. The second-order valence-electron chi connectivity index (χ2n) is 5.69. The Kier molecular flexibility index (Phi) is 7.54.